The molecule has 168 valence electrons. The van der Waals surface area contributed by atoms with E-state index in [2.05, 4.69) is 0 Å². The van der Waals surface area contributed by atoms with Crippen LogP contribution in [0.1, 0.15) is 23.2 Å². The van der Waals surface area contributed by atoms with Gasteiger partial charge in [-0.1, -0.05) is 0 Å². The molecule has 4 rings (SSSR count). The van der Waals surface area contributed by atoms with Crippen LogP contribution in [0.5, 0.6) is 0 Å². The summed E-state index contributed by atoms with van der Waals surface area (Å²) in [5.74, 6) is -2.83. The van der Waals surface area contributed by atoms with Gasteiger partial charge < -0.3 is 4.90 Å². The van der Waals surface area contributed by atoms with Gasteiger partial charge in [0, 0.05) is 44.6 Å². The van der Waals surface area contributed by atoms with E-state index in [-0.39, 0.29) is 56.7 Å². The number of benzene rings is 2. The highest BCUT2D eigenvalue weighted by Gasteiger charge is 2.33. The monoisotopic (exact) mass is 463 g/mol. The number of carbonyl (C=O) groups is 3. The zero-order valence-electron chi connectivity index (χ0n) is 16.8. The van der Waals surface area contributed by atoms with E-state index in [1.807, 2.05) is 0 Å². The van der Waals surface area contributed by atoms with E-state index in [0.29, 0.717) is 17.3 Å². The summed E-state index contributed by atoms with van der Waals surface area (Å²) in [6, 6.07) is 8.27. The van der Waals surface area contributed by atoms with Gasteiger partial charge in [-0.05, 0) is 42.5 Å². The third kappa shape index (κ3) is 4.00. The lowest BCUT2D eigenvalue weighted by atomic mass is 10.1. The summed E-state index contributed by atoms with van der Waals surface area (Å²) in [5.41, 5.74) is 0.711. The molecule has 2 aromatic rings. The number of sulfonamides is 1. The fourth-order valence-corrected chi connectivity index (χ4v) is 5.24. The molecule has 2 aromatic carbocycles. The Morgan fingerprint density at radius 3 is 2.03 bits per heavy atom. The third-order valence-corrected chi connectivity index (χ3v) is 7.37. The first-order valence-corrected chi connectivity index (χ1v) is 11.3. The Balaban J connectivity index is 1.43. The molecule has 0 aliphatic carbocycles. The zero-order chi connectivity index (χ0) is 23.0. The number of piperazine rings is 1. The summed E-state index contributed by atoms with van der Waals surface area (Å²) in [7, 11) is -4.24. The highest BCUT2D eigenvalue weighted by atomic mass is 32.2. The van der Waals surface area contributed by atoms with Gasteiger partial charge in [-0.25, -0.2) is 17.2 Å². The first kappa shape index (κ1) is 22.0. The topological polar surface area (TPSA) is 95.1 Å². The predicted octanol–water partition coefficient (Wildman–Crippen LogP) is 1.76. The number of halogens is 2. The Bertz CT molecular complexity index is 1180. The van der Waals surface area contributed by atoms with E-state index in [1.165, 1.54) is 29.2 Å². The van der Waals surface area contributed by atoms with Crippen LogP contribution in [0, 0.1) is 11.6 Å². The minimum Gasteiger partial charge on any atom is -0.336 e. The number of anilines is 1. The average Bonchev–Trinajstić information content (AvgIpc) is 3.13. The van der Waals surface area contributed by atoms with Crippen molar-refractivity contribution in [3.8, 4) is 0 Å². The fourth-order valence-electron chi connectivity index (χ4n) is 3.75. The highest BCUT2D eigenvalue weighted by molar-refractivity contribution is 7.89. The molecule has 2 saturated heterocycles. The molecule has 8 nitrogen and oxygen atoms in total. The predicted molar refractivity (Wildman–Crippen MR) is 109 cm³/mol. The van der Waals surface area contributed by atoms with Crippen LogP contribution in [-0.4, -0.2) is 61.5 Å². The standard InChI is InChI=1S/C21H19F2N3O5S/c22-15-3-6-17(23)18(13-15)32(30,31)25-11-9-24(10-12-25)21(29)14-1-4-16(5-2-14)26-19(27)7-8-20(26)28/h1-6,13H,7-12H2. The molecule has 32 heavy (non-hydrogen) atoms. The average molecular weight is 463 g/mol. The van der Waals surface area contributed by atoms with Crippen molar-refractivity contribution in [1.29, 1.82) is 0 Å². The molecule has 2 fully saturated rings. The molecule has 0 N–H and O–H groups in total. The van der Waals surface area contributed by atoms with Gasteiger partial charge in [0.1, 0.15) is 16.5 Å². The Hall–Kier alpha value is -3.18. The molecule has 3 amide bonds. The molecule has 0 radical (unpaired) electrons. The Labute approximate surface area is 183 Å². The molecule has 0 aromatic heterocycles. The van der Waals surface area contributed by atoms with E-state index in [9.17, 15) is 31.6 Å². The molecule has 0 bridgehead atoms. The molecule has 0 saturated carbocycles. The van der Waals surface area contributed by atoms with Crippen LogP contribution in [0.25, 0.3) is 0 Å². The second kappa shape index (κ2) is 8.40. The summed E-state index contributed by atoms with van der Waals surface area (Å²) in [4.78, 5) is 38.3. The lowest BCUT2D eigenvalue weighted by molar-refractivity contribution is -0.121. The Morgan fingerprint density at radius 2 is 1.44 bits per heavy atom. The second-order valence-corrected chi connectivity index (χ2v) is 9.35. The van der Waals surface area contributed by atoms with E-state index in [0.717, 1.165) is 21.3 Å². The lowest BCUT2D eigenvalue weighted by Gasteiger charge is -2.34. The molecule has 0 atom stereocenters. The summed E-state index contributed by atoms with van der Waals surface area (Å²) >= 11 is 0. The van der Waals surface area contributed by atoms with Crippen molar-refractivity contribution >= 4 is 33.4 Å². The number of nitrogens with zero attached hydrogens (tertiary/aromatic N) is 3. The second-order valence-electron chi connectivity index (χ2n) is 7.44. The van der Waals surface area contributed by atoms with Crippen LogP contribution in [0.15, 0.2) is 47.4 Å². The van der Waals surface area contributed by atoms with Crippen molar-refractivity contribution in [3.63, 3.8) is 0 Å². The SMILES string of the molecule is O=C(c1ccc(N2C(=O)CCC2=O)cc1)N1CCN(S(=O)(=O)c2cc(F)ccc2F)CC1. The van der Waals surface area contributed by atoms with Gasteiger partial charge >= 0.3 is 0 Å². The largest absolute Gasteiger partial charge is 0.336 e. The van der Waals surface area contributed by atoms with Crippen LogP contribution in [0.4, 0.5) is 14.5 Å². The highest BCUT2D eigenvalue weighted by Crippen LogP contribution is 2.24. The molecule has 2 aliphatic heterocycles. The van der Waals surface area contributed by atoms with Gasteiger partial charge in [0.2, 0.25) is 21.8 Å². The van der Waals surface area contributed by atoms with Crippen LogP contribution in [-0.2, 0) is 19.6 Å². The van der Waals surface area contributed by atoms with Crippen LogP contribution in [0.2, 0.25) is 0 Å². The number of hydrogen-bond acceptors (Lipinski definition) is 5. The number of amides is 3. The van der Waals surface area contributed by atoms with Crippen LogP contribution < -0.4 is 4.90 Å². The van der Waals surface area contributed by atoms with Crippen LogP contribution in [0.3, 0.4) is 0 Å². The Kier molecular flexibility index (Phi) is 5.78. The summed E-state index contributed by atoms with van der Waals surface area (Å²) < 4.78 is 53.8. The maximum Gasteiger partial charge on any atom is 0.253 e. The van der Waals surface area contributed by atoms with Crippen molar-refractivity contribution in [2.24, 2.45) is 0 Å². The third-order valence-electron chi connectivity index (χ3n) is 5.46. The van der Waals surface area contributed by atoms with E-state index in [4.69, 9.17) is 0 Å². The minimum atomic E-state index is -4.24. The number of hydrogen-bond donors (Lipinski definition) is 0. The van der Waals surface area contributed by atoms with E-state index in [1.54, 1.807) is 0 Å². The van der Waals surface area contributed by atoms with Crippen molar-refractivity contribution in [3.05, 3.63) is 59.7 Å². The zero-order valence-corrected chi connectivity index (χ0v) is 17.6. The smallest absolute Gasteiger partial charge is 0.253 e. The quantitative estimate of drug-likeness (QED) is 0.644. The van der Waals surface area contributed by atoms with Gasteiger partial charge in [-0.3, -0.25) is 19.3 Å². The fraction of sp³-hybridized carbons (Fsp3) is 0.286. The summed E-state index contributed by atoms with van der Waals surface area (Å²) in [6.07, 6.45) is 0.318. The molecular formula is C21H19F2N3O5S. The van der Waals surface area contributed by atoms with Gasteiger partial charge in [0.05, 0.1) is 5.69 Å². The minimum absolute atomic E-state index is 0.0693. The first-order valence-electron chi connectivity index (χ1n) is 9.89. The number of carbonyl (C=O) groups excluding carboxylic acids is 3. The van der Waals surface area contributed by atoms with Crippen molar-refractivity contribution < 1.29 is 31.6 Å². The van der Waals surface area contributed by atoms with E-state index < -0.39 is 26.6 Å². The van der Waals surface area contributed by atoms with Gasteiger partial charge in [0.25, 0.3) is 5.91 Å². The number of imide groups is 1. The molecular weight excluding hydrogens is 444 g/mol. The molecule has 0 spiro atoms. The van der Waals surface area contributed by atoms with Crippen molar-refractivity contribution in [2.75, 3.05) is 31.1 Å². The summed E-state index contributed by atoms with van der Waals surface area (Å²) in [5, 5.41) is 0. The maximum atomic E-state index is 14.0. The molecule has 2 heterocycles. The van der Waals surface area contributed by atoms with Crippen LogP contribution >= 0.6 is 0 Å². The normalized spacial score (nSPS) is 17.8. The number of rotatable bonds is 4. The lowest BCUT2D eigenvalue weighted by Crippen LogP contribution is -2.50. The van der Waals surface area contributed by atoms with Crippen molar-refractivity contribution in [1.82, 2.24) is 9.21 Å². The van der Waals surface area contributed by atoms with Gasteiger partial charge in [-0.15, -0.1) is 0 Å². The molecule has 0 unspecified atom stereocenters. The van der Waals surface area contributed by atoms with Crippen molar-refractivity contribution in [2.45, 2.75) is 17.7 Å². The van der Waals surface area contributed by atoms with Gasteiger partial charge in [0.15, 0.2) is 0 Å². The first-order chi connectivity index (χ1) is 15.2. The Morgan fingerprint density at radius 1 is 0.844 bits per heavy atom. The molecule has 2 aliphatic rings. The van der Waals surface area contributed by atoms with E-state index >= 15 is 0 Å². The molecule has 11 heteroatoms. The maximum absolute atomic E-state index is 14.0. The summed E-state index contributed by atoms with van der Waals surface area (Å²) in [6.45, 7) is -0.00250. The van der Waals surface area contributed by atoms with Gasteiger partial charge in [-0.2, -0.15) is 4.31 Å².